The van der Waals surface area contributed by atoms with Gasteiger partial charge in [-0.15, -0.1) is 0 Å². The van der Waals surface area contributed by atoms with E-state index in [1.165, 1.54) is 4.57 Å². The van der Waals surface area contributed by atoms with Crippen LogP contribution in [0.4, 0.5) is 18.9 Å². The normalized spacial score (nSPS) is 20.9. The monoisotopic (exact) mass is 772 g/mol. The summed E-state index contributed by atoms with van der Waals surface area (Å²) in [5.74, 6) is -7.78. The van der Waals surface area contributed by atoms with Gasteiger partial charge < -0.3 is 15.3 Å². The molecule has 1 aliphatic carbocycles. The third-order valence-electron chi connectivity index (χ3n) is 11.8. The van der Waals surface area contributed by atoms with Gasteiger partial charge in [0.15, 0.2) is 17.4 Å². The number of fused-ring (bicyclic) bond motifs is 2. The van der Waals surface area contributed by atoms with Gasteiger partial charge in [0, 0.05) is 70.0 Å². The first-order valence-electron chi connectivity index (χ1n) is 19.1. The Hall–Kier alpha value is -5.64. The summed E-state index contributed by atoms with van der Waals surface area (Å²) in [6, 6.07) is 12.1. The minimum Gasteiger partial charge on any atom is -0.503 e. The standard InChI is InChI=1S/C40H43F3N8O5/c1-47-36-24(3-2-4-31(36)51(40(47)56)32-11-12-33(52)45-39(32)55)13-14-48-15-17-49(18-16-48)27-10-7-25-22-50(46-30(25)19-27)26-8-5-23(6-9-26)21-44-38(54)28-20-29(41)37(53)35(43)34(28)42/h2-4,7,10,19-20,22-23,26,32,53H,5-6,8-9,11-18,21H2,1H3,(H,44,54)(H,45,52,55)/t23-,26-,32?. The van der Waals surface area contributed by atoms with Crippen LogP contribution in [0.5, 0.6) is 5.75 Å². The zero-order chi connectivity index (χ0) is 39.2. The van der Waals surface area contributed by atoms with Crippen molar-refractivity contribution in [3.8, 4) is 5.75 Å². The molecule has 1 atom stereocenters. The van der Waals surface area contributed by atoms with E-state index in [0.717, 1.165) is 92.5 Å². The molecule has 2 aliphatic heterocycles. The molecule has 56 heavy (non-hydrogen) atoms. The molecule has 3 amide bonds. The second-order valence-electron chi connectivity index (χ2n) is 15.2. The Morgan fingerprint density at radius 3 is 2.48 bits per heavy atom. The highest BCUT2D eigenvalue weighted by Gasteiger charge is 2.32. The molecule has 16 heteroatoms. The second kappa shape index (κ2) is 15.1. The molecule has 8 rings (SSSR count). The zero-order valence-corrected chi connectivity index (χ0v) is 30.9. The largest absolute Gasteiger partial charge is 0.503 e. The number of carbonyl (C=O) groups is 3. The Kier molecular flexibility index (Phi) is 10.1. The van der Waals surface area contributed by atoms with Crippen LogP contribution in [0, 0.1) is 23.4 Å². The number of rotatable bonds is 9. The van der Waals surface area contributed by atoms with E-state index in [-0.39, 0.29) is 36.5 Å². The molecule has 5 aromatic rings. The molecule has 3 aliphatic rings. The van der Waals surface area contributed by atoms with Crippen LogP contribution >= 0.6 is 0 Å². The van der Waals surface area contributed by atoms with E-state index in [0.29, 0.717) is 18.0 Å². The van der Waals surface area contributed by atoms with Crippen molar-refractivity contribution in [2.75, 3.05) is 44.2 Å². The lowest BCUT2D eigenvalue weighted by Crippen LogP contribution is -2.47. The van der Waals surface area contributed by atoms with Gasteiger partial charge >= 0.3 is 5.69 Å². The first-order chi connectivity index (χ1) is 27.0. The number of amides is 3. The van der Waals surface area contributed by atoms with Crippen molar-refractivity contribution in [1.29, 1.82) is 0 Å². The fraction of sp³-hybridized carbons (Fsp3) is 0.425. The fourth-order valence-corrected chi connectivity index (χ4v) is 8.56. The Labute approximate surface area is 319 Å². The topological polar surface area (TPSA) is 147 Å². The smallest absolute Gasteiger partial charge is 0.329 e. The fourth-order valence-electron chi connectivity index (χ4n) is 8.56. The zero-order valence-electron chi connectivity index (χ0n) is 30.9. The summed E-state index contributed by atoms with van der Waals surface area (Å²) in [7, 11) is 1.73. The van der Waals surface area contributed by atoms with Crippen LogP contribution in [0.1, 0.15) is 66.5 Å². The van der Waals surface area contributed by atoms with Gasteiger partial charge in [0.25, 0.3) is 5.91 Å². The Bertz CT molecular complexity index is 2410. The number of hydrogen-bond donors (Lipinski definition) is 3. The lowest BCUT2D eigenvalue weighted by Gasteiger charge is -2.36. The number of para-hydroxylation sites is 1. The maximum atomic E-state index is 14.1. The number of imide groups is 1. The van der Waals surface area contributed by atoms with E-state index in [9.17, 15) is 37.5 Å². The number of halogens is 3. The number of nitrogens with one attached hydrogen (secondary N) is 2. The van der Waals surface area contributed by atoms with Crippen molar-refractivity contribution >= 4 is 45.3 Å². The first kappa shape index (κ1) is 37.3. The summed E-state index contributed by atoms with van der Waals surface area (Å²) in [5, 5.41) is 20.2. The molecule has 3 fully saturated rings. The molecule has 294 valence electrons. The molecule has 3 aromatic carbocycles. The quantitative estimate of drug-likeness (QED) is 0.149. The molecule has 2 aromatic heterocycles. The number of piperazine rings is 1. The number of phenols is 1. The van der Waals surface area contributed by atoms with E-state index in [1.807, 2.05) is 22.9 Å². The summed E-state index contributed by atoms with van der Waals surface area (Å²) in [6.07, 6.45) is 6.55. The van der Waals surface area contributed by atoms with E-state index < -0.39 is 46.6 Å². The number of nitrogens with zero attached hydrogens (tertiary/aromatic N) is 6. The van der Waals surface area contributed by atoms with E-state index in [1.54, 1.807) is 11.6 Å². The maximum absolute atomic E-state index is 14.1. The van der Waals surface area contributed by atoms with Gasteiger partial charge in [-0.05, 0) is 80.3 Å². The van der Waals surface area contributed by atoms with Crippen LogP contribution in [0.15, 0.2) is 53.5 Å². The summed E-state index contributed by atoms with van der Waals surface area (Å²) in [4.78, 5) is 54.9. The number of aromatic nitrogens is 4. The highest BCUT2D eigenvalue weighted by atomic mass is 19.2. The van der Waals surface area contributed by atoms with Gasteiger partial charge in [-0.25, -0.2) is 13.6 Å². The third-order valence-corrected chi connectivity index (χ3v) is 11.8. The number of imidazole rings is 1. The molecular weight excluding hydrogens is 729 g/mol. The molecule has 2 saturated heterocycles. The summed E-state index contributed by atoms with van der Waals surface area (Å²) in [5.41, 5.74) is 3.53. The lowest BCUT2D eigenvalue weighted by atomic mass is 9.86. The van der Waals surface area contributed by atoms with Crippen LogP contribution in [0.25, 0.3) is 21.9 Å². The maximum Gasteiger partial charge on any atom is 0.329 e. The number of aromatic hydroxyl groups is 1. The number of piperidine rings is 1. The van der Waals surface area contributed by atoms with Crippen molar-refractivity contribution in [3.05, 3.63) is 87.7 Å². The lowest BCUT2D eigenvalue weighted by molar-refractivity contribution is -0.135. The number of phenolic OH excluding ortho intramolecular Hbond substituents is 1. The molecule has 0 spiro atoms. The van der Waals surface area contributed by atoms with Gasteiger partial charge in [-0.3, -0.25) is 38.4 Å². The van der Waals surface area contributed by atoms with Crippen LogP contribution in [-0.2, 0) is 23.1 Å². The van der Waals surface area contributed by atoms with Gasteiger partial charge in [0.1, 0.15) is 6.04 Å². The number of anilines is 1. The Morgan fingerprint density at radius 1 is 0.964 bits per heavy atom. The predicted molar refractivity (Wildman–Crippen MR) is 202 cm³/mol. The minimum absolute atomic E-state index is 0.120. The molecule has 4 heterocycles. The number of carbonyl (C=O) groups excluding carboxylic acids is 3. The van der Waals surface area contributed by atoms with Crippen molar-refractivity contribution in [2.24, 2.45) is 13.0 Å². The summed E-state index contributed by atoms with van der Waals surface area (Å²) < 4.78 is 46.7. The average Bonchev–Trinajstić information content (AvgIpc) is 3.75. The summed E-state index contributed by atoms with van der Waals surface area (Å²) in [6.45, 7) is 4.51. The van der Waals surface area contributed by atoms with E-state index in [2.05, 4.69) is 44.8 Å². The molecule has 0 radical (unpaired) electrons. The van der Waals surface area contributed by atoms with Crippen molar-refractivity contribution < 1.29 is 32.7 Å². The van der Waals surface area contributed by atoms with Crippen molar-refractivity contribution in [2.45, 2.75) is 57.0 Å². The summed E-state index contributed by atoms with van der Waals surface area (Å²) >= 11 is 0. The number of benzene rings is 3. The van der Waals surface area contributed by atoms with E-state index >= 15 is 0 Å². The molecule has 0 bridgehead atoms. The average molecular weight is 773 g/mol. The molecule has 1 unspecified atom stereocenters. The Morgan fingerprint density at radius 2 is 1.73 bits per heavy atom. The van der Waals surface area contributed by atoms with Gasteiger partial charge in [-0.1, -0.05) is 12.1 Å². The predicted octanol–water partition coefficient (Wildman–Crippen LogP) is 4.32. The van der Waals surface area contributed by atoms with Crippen LogP contribution in [0.2, 0.25) is 0 Å². The second-order valence-corrected chi connectivity index (χ2v) is 15.2. The third kappa shape index (κ3) is 7.01. The molecule has 13 nitrogen and oxygen atoms in total. The molecule has 1 saturated carbocycles. The SMILES string of the molecule is Cn1c(=O)n(C2CCC(=O)NC2=O)c2cccc(CCN3CCN(c4ccc5cn([C@H]6CC[C@H](CNC(=O)c7cc(F)c(O)c(F)c7F)CC6)nc5c4)CC3)c21. The minimum atomic E-state index is -1.78. The molecule has 3 N–H and O–H groups in total. The van der Waals surface area contributed by atoms with Crippen molar-refractivity contribution in [1.82, 2.24) is 34.4 Å². The Balaban J connectivity index is 0.839. The van der Waals surface area contributed by atoms with Crippen molar-refractivity contribution in [3.63, 3.8) is 0 Å². The van der Waals surface area contributed by atoms with E-state index in [4.69, 9.17) is 5.10 Å². The van der Waals surface area contributed by atoms with Gasteiger partial charge in [-0.2, -0.15) is 9.49 Å². The number of aryl methyl sites for hydroxylation is 1. The first-order valence-corrected chi connectivity index (χ1v) is 19.1. The van der Waals surface area contributed by atoms with Crippen LogP contribution < -0.4 is 21.2 Å². The highest BCUT2D eigenvalue weighted by Crippen LogP contribution is 2.34. The number of hydrogen-bond acceptors (Lipinski definition) is 8. The van der Waals surface area contributed by atoms with Gasteiger partial charge in [0.2, 0.25) is 17.6 Å². The highest BCUT2D eigenvalue weighted by molar-refractivity contribution is 6.00. The van der Waals surface area contributed by atoms with Gasteiger partial charge in [0.05, 0.1) is 28.2 Å². The van der Waals surface area contributed by atoms with Crippen LogP contribution in [-0.4, -0.2) is 85.9 Å². The van der Waals surface area contributed by atoms with Crippen LogP contribution in [0.3, 0.4) is 0 Å². The molecular formula is C40H43F3N8O5.